The number of nitro benzene ring substituents is 1. The van der Waals surface area contributed by atoms with E-state index in [1.54, 1.807) is 18.3 Å². The molecule has 0 amide bonds. The molecule has 1 N–H and O–H groups in total. The van der Waals surface area contributed by atoms with E-state index >= 15 is 0 Å². The molecule has 0 aliphatic heterocycles. The fourth-order valence-corrected chi connectivity index (χ4v) is 3.17. The van der Waals surface area contributed by atoms with Crippen LogP contribution in [-0.4, -0.2) is 17.7 Å². The Morgan fingerprint density at radius 2 is 1.82 bits per heavy atom. The molecule has 7 heteroatoms. The molecule has 3 aromatic carbocycles. The van der Waals surface area contributed by atoms with Crippen molar-refractivity contribution in [2.24, 2.45) is 5.10 Å². The number of nitrogens with one attached hydrogen (secondary N) is 1. The summed E-state index contributed by atoms with van der Waals surface area (Å²) in [6, 6.07) is 18.1. The molecule has 0 fully saturated rings. The van der Waals surface area contributed by atoms with Crippen LogP contribution in [0.4, 0.5) is 11.4 Å². The van der Waals surface area contributed by atoms with Crippen LogP contribution in [0.15, 0.2) is 78.4 Å². The highest BCUT2D eigenvalue weighted by molar-refractivity contribution is 5.82. The van der Waals surface area contributed by atoms with Gasteiger partial charge < -0.3 is 9.47 Å². The van der Waals surface area contributed by atoms with Crippen molar-refractivity contribution in [3.63, 3.8) is 0 Å². The van der Waals surface area contributed by atoms with Gasteiger partial charge in [0, 0.05) is 17.7 Å². The van der Waals surface area contributed by atoms with E-state index in [0.29, 0.717) is 36.8 Å². The average molecular weight is 446 g/mol. The van der Waals surface area contributed by atoms with Gasteiger partial charge in [-0.3, -0.25) is 15.5 Å². The molecule has 0 heterocycles. The molecule has 0 saturated carbocycles. The molecule has 0 saturated heterocycles. The van der Waals surface area contributed by atoms with Crippen molar-refractivity contribution >= 4 is 17.6 Å². The summed E-state index contributed by atoms with van der Waals surface area (Å²) in [4.78, 5) is 10.3. The van der Waals surface area contributed by atoms with Crippen molar-refractivity contribution < 1.29 is 14.4 Å². The van der Waals surface area contributed by atoms with Crippen molar-refractivity contribution in [1.29, 1.82) is 0 Å². The first-order valence-corrected chi connectivity index (χ1v) is 10.6. The Kier molecular flexibility index (Phi) is 8.18. The van der Waals surface area contributed by atoms with E-state index in [4.69, 9.17) is 9.47 Å². The molecule has 170 valence electrons. The van der Waals surface area contributed by atoms with Crippen LogP contribution in [0.5, 0.6) is 11.5 Å². The average Bonchev–Trinajstić information content (AvgIpc) is 2.80. The number of hydrogen-bond acceptors (Lipinski definition) is 6. The van der Waals surface area contributed by atoms with Gasteiger partial charge in [0.05, 0.1) is 23.4 Å². The molecule has 0 spiro atoms. The number of non-ortho nitro benzene ring substituents is 1. The standard InChI is InChI=1S/C26H27N3O4/c1-4-6-22-15-21(17-27-28-23-11-13-24(14-12-23)29(30)31)16-25(32-5-2)26(22)33-18-20-9-7-19(3)8-10-20/h4,7-17,28H,1,5-6,18H2,2-3H3/b27-17+. The van der Waals surface area contributed by atoms with Gasteiger partial charge in [0.1, 0.15) is 6.61 Å². The number of hydrazone groups is 1. The number of benzene rings is 3. The van der Waals surface area contributed by atoms with Crippen molar-refractivity contribution in [2.75, 3.05) is 12.0 Å². The van der Waals surface area contributed by atoms with Crippen molar-refractivity contribution in [3.05, 3.63) is 106 Å². The molecular formula is C26H27N3O4. The summed E-state index contributed by atoms with van der Waals surface area (Å²) in [6.45, 7) is 8.76. The van der Waals surface area contributed by atoms with E-state index in [0.717, 1.165) is 16.7 Å². The van der Waals surface area contributed by atoms with Crippen LogP contribution < -0.4 is 14.9 Å². The number of aryl methyl sites for hydroxylation is 1. The van der Waals surface area contributed by atoms with Gasteiger partial charge in [0.15, 0.2) is 11.5 Å². The molecule has 7 nitrogen and oxygen atoms in total. The summed E-state index contributed by atoms with van der Waals surface area (Å²) in [5, 5.41) is 15.0. The summed E-state index contributed by atoms with van der Waals surface area (Å²) < 4.78 is 12.0. The minimum atomic E-state index is -0.439. The molecule has 0 aliphatic rings. The number of rotatable bonds is 11. The largest absolute Gasteiger partial charge is 0.490 e. The van der Waals surface area contributed by atoms with Crippen molar-refractivity contribution in [2.45, 2.75) is 26.9 Å². The molecule has 0 atom stereocenters. The molecule has 0 aliphatic carbocycles. The quantitative estimate of drug-likeness (QED) is 0.168. The first-order chi connectivity index (χ1) is 16.0. The van der Waals surface area contributed by atoms with Crippen LogP contribution in [0.1, 0.15) is 29.2 Å². The molecule has 3 aromatic rings. The smallest absolute Gasteiger partial charge is 0.269 e. The third kappa shape index (κ3) is 6.67. The van der Waals surface area contributed by atoms with Gasteiger partial charge in [-0.05, 0) is 55.7 Å². The number of ether oxygens (including phenoxy) is 2. The van der Waals surface area contributed by atoms with Gasteiger partial charge in [-0.1, -0.05) is 35.9 Å². The second kappa shape index (κ2) is 11.5. The molecule has 3 rings (SSSR count). The Morgan fingerprint density at radius 3 is 2.45 bits per heavy atom. The second-order valence-corrected chi connectivity index (χ2v) is 7.38. The maximum absolute atomic E-state index is 10.8. The molecule has 0 bridgehead atoms. The Labute approximate surface area is 193 Å². The zero-order chi connectivity index (χ0) is 23.6. The fraction of sp³-hybridized carbons (Fsp3) is 0.192. The van der Waals surface area contributed by atoms with Crippen LogP contribution in [0.3, 0.4) is 0 Å². The van der Waals surface area contributed by atoms with Gasteiger partial charge in [-0.15, -0.1) is 6.58 Å². The highest BCUT2D eigenvalue weighted by Gasteiger charge is 2.13. The van der Waals surface area contributed by atoms with E-state index in [9.17, 15) is 10.1 Å². The molecule has 0 radical (unpaired) electrons. The Morgan fingerprint density at radius 1 is 1.09 bits per heavy atom. The van der Waals surface area contributed by atoms with Crippen LogP contribution in [-0.2, 0) is 13.0 Å². The van der Waals surface area contributed by atoms with Crippen LogP contribution in [0, 0.1) is 17.0 Å². The minimum absolute atomic E-state index is 0.0289. The number of hydrogen-bond donors (Lipinski definition) is 1. The topological polar surface area (TPSA) is 86.0 Å². The van der Waals surface area contributed by atoms with Gasteiger partial charge in [-0.25, -0.2) is 0 Å². The van der Waals surface area contributed by atoms with Gasteiger partial charge in [-0.2, -0.15) is 5.10 Å². The zero-order valence-electron chi connectivity index (χ0n) is 18.8. The summed E-state index contributed by atoms with van der Waals surface area (Å²) in [7, 11) is 0. The maximum Gasteiger partial charge on any atom is 0.269 e. The second-order valence-electron chi connectivity index (χ2n) is 7.38. The Bertz CT molecular complexity index is 1120. The fourth-order valence-electron chi connectivity index (χ4n) is 3.17. The number of anilines is 1. The predicted octanol–water partition coefficient (Wildman–Crippen LogP) is 6.06. The third-order valence-corrected chi connectivity index (χ3v) is 4.81. The predicted molar refractivity (Wildman–Crippen MR) is 131 cm³/mol. The van der Waals surface area contributed by atoms with Crippen molar-refractivity contribution in [1.82, 2.24) is 0 Å². The Hall–Kier alpha value is -4.13. The van der Waals surface area contributed by atoms with Crippen LogP contribution in [0.2, 0.25) is 0 Å². The van der Waals surface area contributed by atoms with Gasteiger partial charge in [0.2, 0.25) is 0 Å². The first kappa shape index (κ1) is 23.5. The summed E-state index contributed by atoms with van der Waals surface area (Å²) >= 11 is 0. The van der Waals surface area contributed by atoms with Crippen molar-refractivity contribution in [3.8, 4) is 11.5 Å². The van der Waals surface area contributed by atoms with Crippen LogP contribution in [0.25, 0.3) is 0 Å². The number of nitrogens with zero attached hydrogens (tertiary/aromatic N) is 2. The molecule has 0 aromatic heterocycles. The maximum atomic E-state index is 10.8. The van der Waals surface area contributed by atoms with E-state index in [2.05, 4.69) is 36.2 Å². The van der Waals surface area contributed by atoms with E-state index in [1.807, 2.05) is 37.3 Å². The monoisotopic (exact) mass is 445 g/mol. The molecule has 0 unspecified atom stereocenters. The normalized spacial score (nSPS) is 10.7. The summed E-state index contributed by atoms with van der Waals surface area (Å²) in [5.41, 5.74) is 7.60. The lowest BCUT2D eigenvalue weighted by Crippen LogP contribution is -2.04. The van der Waals surface area contributed by atoms with Gasteiger partial charge >= 0.3 is 0 Å². The highest BCUT2D eigenvalue weighted by atomic mass is 16.6. The SMILES string of the molecule is C=CCc1cc(/C=N/Nc2ccc([N+](=O)[O-])cc2)cc(OCC)c1OCc1ccc(C)cc1. The number of allylic oxidation sites excluding steroid dienone is 1. The minimum Gasteiger partial charge on any atom is -0.490 e. The first-order valence-electron chi connectivity index (χ1n) is 10.6. The summed E-state index contributed by atoms with van der Waals surface area (Å²) in [6.07, 6.45) is 4.10. The lowest BCUT2D eigenvalue weighted by atomic mass is 10.1. The van der Waals surface area contributed by atoms with E-state index in [1.165, 1.54) is 17.7 Å². The lowest BCUT2D eigenvalue weighted by Gasteiger charge is -2.17. The Balaban J connectivity index is 1.80. The van der Waals surface area contributed by atoms with E-state index in [-0.39, 0.29) is 5.69 Å². The van der Waals surface area contributed by atoms with Gasteiger partial charge in [0.25, 0.3) is 5.69 Å². The molecule has 33 heavy (non-hydrogen) atoms. The third-order valence-electron chi connectivity index (χ3n) is 4.81. The highest BCUT2D eigenvalue weighted by Crippen LogP contribution is 2.34. The molecular weight excluding hydrogens is 418 g/mol. The zero-order valence-corrected chi connectivity index (χ0v) is 18.8. The van der Waals surface area contributed by atoms with Crippen LogP contribution >= 0.6 is 0 Å². The lowest BCUT2D eigenvalue weighted by molar-refractivity contribution is -0.384. The number of nitro groups is 1. The van der Waals surface area contributed by atoms with E-state index < -0.39 is 4.92 Å². The summed E-state index contributed by atoms with van der Waals surface area (Å²) in [5.74, 6) is 1.33.